The van der Waals surface area contributed by atoms with Gasteiger partial charge >= 0.3 is 0 Å². The molecule has 4 nitrogen and oxygen atoms in total. The maximum absolute atomic E-state index is 5.99. The number of benzene rings is 2. The molecule has 0 radical (unpaired) electrons. The van der Waals surface area contributed by atoms with Crippen LogP contribution in [0, 0.1) is 13.8 Å². The van der Waals surface area contributed by atoms with Crippen LogP contribution in [0.4, 0.5) is 22.7 Å². The van der Waals surface area contributed by atoms with E-state index >= 15 is 0 Å². The van der Waals surface area contributed by atoms with Crippen molar-refractivity contribution in [1.29, 1.82) is 0 Å². The van der Waals surface area contributed by atoms with E-state index in [1.54, 1.807) is 0 Å². The first-order chi connectivity index (χ1) is 11.7. The SMILES string of the molecule is Cc1c(N)ccc(C(C)(C)C)c1N.Cc1cc(C(C)(C)C)c(N)cc1N. The van der Waals surface area contributed by atoms with Gasteiger partial charge in [0.25, 0.3) is 0 Å². The maximum Gasteiger partial charge on any atom is 0.0402 e. The summed E-state index contributed by atoms with van der Waals surface area (Å²) in [6.07, 6.45) is 0. The van der Waals surface area contributed by atoms with E-state index in [1.165, 1.54) is 11.1 Å². The molecule has 0 aliphatic heterocycles. The minimum Gasteiger partial charge on any atom is -0.398 e. The fourth-order valence-corrected chi connectivity index (χ4v) is 2.79. The summed E-state index contributed by atoms with van der Waals surface area (Å²) in [5, 5.41) is 0. The smallest absolute Gasteiger partial charge is 0.0402 e. The molecule has 8 N–H and O–H groups in total. The molecular weight excluding hydrogens is 320 g/mol. The normalized spacial score (nSPS) is 11.7. The van der Waals surface area contributed by atoms with Crippen molar-refractivity contribution in [2.45, 2.75) is 66.2 Å². The highest BCUT2D eigenvalue weighted by atomic mass is 14.6. The van der Waals surface area contributed by atoms with Gasteiger partial charge < -0.3 is 22.9 Å². The Morgan fingerprint density at radius 3 is 1.58 bits per heavy atom. The molecule has 0 atom stereocenters. The zero-order valence-electron chi connectivity index (χ0n) is 17.6. The molecule has 144 valence electrons. The van der Waals surface area contributed by atoms with Crippen LogP contribution in [0.5, 0.6) is 0 Å². The molecule has 2 aromatic rings. The van der Waals surface area contributed by atoms with Crippen LogP contribution in [0.25, 0.3) is 0 Å². The molecule has 0 amide bonds. The molecule has 0 saturated carbocycles. The quantitative estimate of drug-likeness (QED) is 0.503. The van der Waals surface area contributed by atoms with Crippen molar-refractivity contribution in [2.75, 3.05) is 22.9 Å². The van der Waals surface area contributed by atoms with E-state index in [1.807, 2.05) is 32.0 Å². The van der Waals surface area contributed by atoms with Crippen molar-refractivity contribution < 1.29 is 0 Å². The summed E-state index contributed by atoms with van der Waals surface area (Å²) in [4.78, 5) is 0. The number of nitrogens with two attached hydrogens (primary N) is 4. The Kier molecular flexibility index (Phi) is 6.24. The Hall–Kier alpha value is -2.36. The molecule has 0 unspecified atom stereocenters. The Morgan fingerprint density at radius 1 is 0.615 bits per heavy atom. The minimum atomic E-state index is 0.0859. The van der Waals surface area contributed by atoms with Crippen LogP contribution in [-0.2, 0) is 10.8 Å². The second-order valence-electron chi connectivity index (χ2n) is 9.04. The standard InChI is InChI=1S/2C11H18N2/c1-7-5-8(11(2,3)4)10(13)6-9(7)12;1-7-9(12)6-5-8(10(7)13)11(2,3)4/h2*5-6H,12-13H2,1-4H3. The number of nitrogen functional groups attached to an aromatic ring is 4. The van der Waals surface area contributed by atoms with Gasteiger partial charge in [-0.2, -0.15) is 0 Å². The van der Waals surface area contributed by atoms with E-state index in [-0.39, 0.29) is 10.8 Å². The van der Waals surface area contributed by atoms with Crippen LogP contribution in [-0.4, -0.2) is 0 Å². The summed E-state index contributed by atoms with van der Waals surface area (Å²) in [7, 11) is 0. The molecule has 0 bridgehead atoms. The van der Waals surface area contributed by atoms with Crippen molar-refractivity contribution in [3.05, 3.63) is 46.5 Å². The Morgan fingerprint density at radius 2 is 1.12 bits per heavy atom. The Balaban J connectivity index is 0.000000260. The molecule has 2 rings (SSSR count). The van der Waals surface area contributed by atoms with Crippen molar-refractivity contribution in [3.8, 4) is 0 Å². The van der Waals surface area contributed by atoms with Gasteiger partial charge in [-0.05, 0) is 59.1 Å². The Labute approximate surface area is 159 Å². The first-order valence-electron chi connectivity index (χ1n) is 8.97. The first kappa shape index (κ1) is 21.7. The van der Waals surface area contributed by atoms with Gasteiger partial charge in [0, 0.05) is 22.7 Å². The third-order valence-corrected chi connectivity index (χ3v) is 4.61. The third kappa shape index (κ3) is 5.07. The molecule has 0 heterocycles. The highest BCUT2D eigenvalue weighted by Gasteiger charge is 2.18. The van der Waals surface area contributed by atoms with Gasteiger partial charge in [-0.25, -0.2) is 0 Å². The molecular formula is C22H36N4. The summed E-state index contributed by atoms with van der Waals surface area (Å²) in [6.45, 7) is 16.8. The summed E-state index contributed by atoms with van der Waals surface area (Å²) in [5.74, 6) is 0. The van der Waals surface area contributed by atoms with Crippen molar-refractivity contribution in [2.24, 2.45) is 0 Å². The number of hydrogen-bond donors (Lipinski definition) is 4. The van der Waals surface area contributed by atoms with E-state index in [0.717, 1.165) is 33.9 Å². The largest absolute Gasteiger partial charge is 0.398 e. The van der Waals surface area contributed by atoms with Crippen LogP contribution in [0.15, 0.2) is 24.3 Å². The summed E-state index contributed by atoms with van der Waals surface area (Å²) in [6, 6.07) is 7.85. The van der Waals surface area contributed by atoms with Crippen LogP contribution in [0.1, 0.15) is 63.8 Å². The van der Waals surface area contributed by atoms with Gasteiger partial charge in [-0.3, -0.25) is 0 Å². The second kappa shape index (κ2) is 7.48. The second-order valence-corrected chi connectivity index (χ2v) is 9.04. The lowest BCUT2D eigenvalue weighted by Crippen LogP contribution is -2.15. The number of rotatable bonds is 0. The monoisotopic (exact) mass is 356 g/mol. The molecule has 0 fully saturated rings. The molecule has 0 spiro atoms. The zero-order valence-corrected chi connectivity index (χ0v) is 17.6. The topological polar surface area (TPSA) is 104 Å². The predicted molar refractivity (Wildman–Crippen MR) is 117 cm³/mol. The van der Waals surface area contributed by atoms with E-state index in [0.29, 0.717) is 0 Å². The van der Waals surface area contributed by atoms with Gasteiger partial charge in [0.05, 0.1) is 0 Å². The van der Waals surface area contributed by atoms with Crippen molar-refractivity contribution >= 4 is 22.7 Å². The lowest BCUT2D eigenvalue weighted by molar-refractivity contribution is 0.592. The molecule has 4 heteroatoms. The van der Waals surface area contributed by atoms with E-state index in [4.69, 9.17) is 22.9 Å². The number of anilines is 4. The molecule has 0 aromatic heterocycles. The highest BCUT2D eigenvalue weighted by Crippen LogP contribution is 2.32. The van der Waals surface area contributed by atoms with Gasteiger partial charge in [-0.15, -0.1) is 0 Å². The average molecular weight is 357 g/mol. The van der Waals surface area contributed by atoms with E-state index in [9.17, 15) is 0 Å². The third-order valence-electron chi connectivity index (χ3n) is 4.61. The van der Waals surface area contributed by atoms with Crippen LogP contribution in [0.3, 0.4) is 0 Å². The van der Waals surface area contributed by atoms with Gasteiger partial charge in [0.15, 0.2) is 0 Å². The molecule has 0 aliphatic carbocycles. The van der Waals surface area contributed by atoms with E-state index in [2.05, 4.69) is 47.6 Å². The van der Waals surface area contributed by atoms with Crippen molar-refractivity contribution in [1.82, 2.24) is 0 Å². The summed E-state index contributed by atoms with van der Waals surface area (Å²) < 4.78 is 0. The van der Waals surface area contributed by atoms with Crippen LogP contribution in [0.2, 0.25) is 0 Å². The zero-order chi connectivity index (χ0) is 20.4. The first-order valence-corrected chi connectivity index (χ1v) is 8.97. The van der Waals surface area contributed by atoms with E-state index < -0.39 is 0 Å². The summed E-state index contributed by atoms with van der Waals surface area (Å²) in [5.41, 5.74) is 31.1. The molecule has 0 saturated heterocycles. The lowest BCUT2D eigenvalue weighted by atomic mass is 9.84. The van der Waals surface area contributed by atoms with Gasteiger partial charge in [-0.1, -0.05) is 53.7 Å². The molecule has 2 aromatic carbocycles. The molecule has 0 aliphatic rings. The van der Waals surface area contributed by atoms with Gasteiger partial charge in [0.1, 0.15) is 0 Å². The van der Waals surface area contributed by atoms with Crippen LogP contribution >= 0.6 is 0 Å². The maximum atomic E-state index is 5.99. The fraction of sp³-hybridized carbons (Fsp3) is 0.455. The Bertz CT molecular complexity index is 766. The number of hydrogen-bond acceptors (Lipinski definition) is 4. The number of aryl methyl sites for hydroxylation is 1. The van der Waals surface area contributed by atoms with Crippen molar-refractivity contribution in [3.63, 3.8) is 0 Å². The average Bonchev–Trinajstić information content (AvgIpc) is 2.46. The minimum absolute atomic E-state index is 0.0859. The molecule has 26 heavy (non-hydrogen) atoms. The fourth-order valence-electron chi connectivity index (χ4n) is 2.79. The highest BCUT2D eigenvalue weighted by molar-refractivity contribution is 5.66. The lowest BCUT2D eigenvalue weighted by Gasteiger charge is -2.22. The van der Waals surface area contributed by atoms with Crippen LogP contribution < -0.4 is 22.9 Å². The summed E-state index contributed by atoms with van der Waals surface area (Å²) >= 11 is 0. The predicted octanol–water partition coefficient (Wildman–Crippen LogP) is 4.91. The van der Waals surface area contributed by atoms with Gasteiger partial charge in [0.2, 0.25) is 0 Å².